The Balaban J connectivity index is 1.84. The van der Waals surface area contributed by atoms with E-state index in [4.69, 9.17) is 23.2 Å². The Morgan fingerprint density at radius 3 is 2.24 bits per heavy atom. The second kappa shape index (κ2) is 15.1. The zero-order valence-corrected chi connectivity index (χ0v) is 23.7. The first-order chi connectivity index (χ1) is 17.9. The van der Waals surface area contributed by atoms with E-state index in [1.807, 2.05) is 61.5 Å². The topological polar surface area (TPSA) is 49.4 Å². The van der Waals surface area contributed by atoms with Crippen molar-refractivity contribution in [3.05, 3.63) is 105 Å². The molecule has 1 N–H and O–H groups in total. The van der Waals surface area contributed by atoms with E-state index < -0.39 is 6.04 Å². The molecule has 0 aliphatic heterocycles. The van der Waals surface area contributed by atoms with E-state index in [1.165, 1.54) is 11.8 Å². The van der Waals surface area contributed by atoms with Gasteiger partial charge >= 0.3 is 0 Å². The normalized spacial score (nSPS) is 11.7. The number of hydrogen-bond acceptors (Lipinski definition) is 3. The average molecular weight is 558 g/mol. The predicted octanol–water partition coefficient (Wildman–Crippen LogP) is 7.09. The smallest absolute Gasteiger partial charge is 0.243 e. The van der Waals surface area contributed by atoms with Crippen molar-refractivity contribution in [3.8, 4) is 0 Å². The monoisotopic (exact) mass is 556 g/mol. The molecule has 0 aromatic heterocycles. The van der Waals surface area contributed by atoms with Gasteiger partial charge in [-0.15, -0.1) is 11.8 Å². The minimum Gasteiger partial charge on any atom is -0.354 e. The summed E-state index contributed by atoms with van der Waals surface area (Å²) in [4.78, 5) is 28.9. The van der Waals surface area contributed by atoms with Crippen molar-refractivity contribution in [2.24, 2.45) is 0 Å². The van der Waals surface area contributed by atoms with Crippen LogP contribution in [0.1, 0.15) is 42.0 Å². The number of nitrogens with zero attached hydrogens (tertiary/aromatic N) is 1. The zero-order chi connectivity index (χ0) is 26.6. The molecule has 0 aliphatic rings. The van der Waals surface area contributed by atoms with Crippen LogP contribution in [0, 0.1) is 6.92 Å². The van der Waals surface area contributed by atoms with Crippen molar-refractivity contribution in [1.82, 2.24) is 10.2 Å². The van der Waals surface area contributed by atoms with Crippen LogP contribution in [-0.2, 0) is 28.3 Å². The highest BCUT2D eigenvalue weighted by Gasteiger charge is 2.30. The third kappa shape index (κ3) is 9.10. The number of unbranched alkanes of at least 4 members (excludes halogenated alkanes) is 1. The van der Waals surface area contributed by atoms with Crippen molar-refractivity contribution in [2.75, 3.05) is 12.3 Å². The minimum absolute atomic E-state index is 0.0969. The summed E-state index contributed by atoms with van der Waals surface area (Å²) in [7, 11) is 0. The lowest BCUT2D eigenvalue weighted by molar-refractivity contribution is -0.139. The number of carbonyl (C=O) groups excluding carboxylic acids is 2. The molecule has 4 nitrogen and oxygen atoms in total. The van der Waals surface area contributed by atoms with Crippen LogP contribution in [0.4, 0.5) is 0 Å². The van der Waals surface area contributed by atoms with E-state index in [-0.39, 0.29) is 17.6 Å². The highest BCUT2D eigenvalue weighted by Crippen LogP contribution is 2.28. The molecule has 0 saturated carbocycles. The van der Waals surface area contributed by atoms with Gasteiger partial charge in [0.2, 0.25) is 11.8 Å². The second-order valence-electron chi connectivity index (χ2n) is 9.05. The second-order valence-corrected chi connectivity index (χ2v) is 10.9. The molecular formula is C30H34Cl2N2O2S. The molecule has 2 amide bonds. The van der Waals surface area contributed by atoms with E-state index in [2.05, 4.69) is 12.2 Å². The first-order valence-electron chi connectivity index (χ1n) is 12.6. The van der Waals surface area contributed by atoms with Gasteiger partial charge in [0.1, 0.15) is 6.04 Å². The fourth-order valence-corrected chi connectivity index (χ4v) is 5.59. The Kier molecular flexibility index (Phi) is 11.8. The number of benzene rings is 3. The maximum atomic E-state index is 13.7. The quantitative estimate of drug-likeness (QED) is 0.228. The standard InChI is InChI=1S/C30H34Cl2N2O2S/c1-3-4-17-33-30(36)28(18-23-9-6-5-7-10-23)34(19-24-15-13-22(2)14-16-24)29(35)21-37-20-25-26(31)11-8-12-27(25)32/h5-16,28H,3-4,17-21H2,1-2H3,(H,33,36). The Bertz CT molecular complexity index is 1140. The number of aryl methyl sites for hydroxylation is 1. The van der Waals surface area contributed by atoms with Gasteiger partial charge in [0.15, 0.2) is 0 Å². The first kappa shape index (κ1) is 29.1. The highest BCUT2D eigenvalue weighted by atomic mass is 35.5. The predicted molar refractivity (Wildman–Crippen MR) is 156 cm³/mol. The third-order valence-corrected chi connectivity index (χ3v) is 7.76. The molecule has 0 radical (unpaired) electrons. The summed E-state index contributed by atoms with van der Waals surface area (Å²) in [5.74, 6) is 0.493. The fourth-order valence-electron chi connectivity index (χ4n) is 3.94. The number of rotatable bonds is 13. The molecule has 0 spiro atoms. The maximum absolute atomic E-state index is 13.7. The number of hydrogen-bond donors (Lipinski definition) is 1. The number of carbonyl (C=O) groups is 2. The van der Waals surface area contributed by atoms with Crippen molar-refractivity contribution in [3.63, 3.8) is 0 Å². The molecular weight excluding hydrogens is 523 g/mol. The lowest BCUT2D eigenvalue weighted by Gasteiger charge is -2.31. The molecule has 3 aromatic rings. The molecule has 0 saturated heterocycles. The van der Waals surface area contributed by atoms with Crippen molar-refractivity contribution in [1.29, 1.82) is 0 Å². The van der Waals surface area contributed by atoms with Gasteiger partial charge in [0.05, 0.1) is 5.75 Å². The van der Waals surface area contributed by atoms with Crippen LogP contribution in [0.15, 0.2) is 72.8 Å². The molecule has 1 unspecified atom stereocenters. The number of nitrogens with one attached hydrogen (secondary N) is 1. The van der Waals surface area contributed by atoms with Gasteiger partial charge in [0.25, 0.3) is 0 Å². The average Bonchev–Trinajstić information content (AvgIpc) is 2.89. The lowest BCUT2D eigenvalue weighted by atomic mass is 10.0. The molecule has 37 heavy (non-hydrogen) atoms. The summed E-state index contributed by atoms with van der Waals surface area (Å²) in [5, 5.41) is 4.23. The summed E-state index contributed by atoms with van der Waals surface area (Å²) in [6.45, 7) is 5.06. The van der Waals surface area contributed by atoms with Crippen LogP contribution >= 0.6 is 35.0 Å². The Hall–Kier alpha value is -2.47. The zero-order valence-electron chi connectivity index (χ0n) is 21.4. The number of amides is 2. The Labute approximate surface area is 234 Å². The van der Waals surface area contributed by atoms with Gasteiger partial charge in [-0.1, -0.05) is 103 Å². The van der Waals surface area contributed by atoms with Gasteiger partial charge in [-0.05, 0) is 42.2 Å². The van der Waals surface area contributed by atoms with E-state index >= 15 is 0 Å². The van der Waals surface area contributed by atoms with E-state index in [9.17, 15) is 9.59 Å². The van der Waals surface area contributed by atoms with Crippen LogP contribution < -0.4 is 5.32 Å². The summed E-state index contributed by atoms with van der Waals surface area (Å²) in [5.41, 5.74) is 3.95. The first-order valence-corrected chi connectivity index (χ1v) is 14.5. The van der Waals surface area contributed by atoms with E-state index in [0.29, 0.717) is 35.3 Å². The van der Waals surface area contributed by atoms with Crippen LogP contribution in [0.3, 0.4) is 0 Å². The molecule has 196 valence electrons. The van der Waals surface area contributed by atoms with Crippen LogP contribution in [0.25, 0.3) is 0 Å². The summed E-state index contributed by atoms with van der Waals surface area (Å²) in [6.07, 6.45) is 2.32. The summed E-state index contributed by atoms with van der Waals surface area (Å²) in [6, 6.07) is 22.7. The van der Waals surface area contributed by atoms with Gasteiger partial charge in [0, 0.05) is 35.3 Å². The molecule has 0 aliphatic carbocycles. The summed E-state index contributed by atoms with van der Waals surface area (Å²) >= 11 is 14.1. The molecule has 1 atom stereocenters. The summed E-state index contributed by atoms with van der Waals surface area (Å²) < 4.78 is 0. The Morgan fingerprint density at radius 2 is 1.59 bits per heavy atom. The van der Waals surface area contributed by atoms with Crippen LogP contribution in [-0.4, -0.2) is 35.1 Å². The lowest BCUT2D eigenvalue weighted by Crippen LogP contribution is -2.51. The fraction of sp³-hybridized carbons (Fsp3) is 0.333. The van der Waals surface area contributed by atoms with Crippen molar-refractivity contribution >= 4 is 46.8 Å². The van der Waals surface area contributed by atoms with E-state index in [0.717, 1.165) is 35.1 Å². The molecule has 3 rings (SSSR count). The molecule has 0 heterocycles. The van der Waals surface area contributed by atoms with Crippen LogP contribution in [0.2, 0.25) is 10.0 Å². The highest BCUT2D eigenvalue weighted by molar-refractivity contribution is 7.99. The number of thioether (sulfide) groups is 1. The SMILES string of the molecule is CCCCNC(=O)C(Cc1ccccc1)N(Cc1ccc(C)cc1)C(=O)CSCc1c(Cl)cccc1Cl. The minimum atomic E-state index is -0.627. The van der Waals surface area contributed by atoms with Crippen molar-refractivity contribution in [2.45, 2.75) is 51.4 Å². The van der Waals surface area contributed by atoms with Crippen molar-refractivity contribution < 1.29 is 9.59 Å². The maximum Gasteiger partial charge on any atom is 0.243 e. The molecule has 0 bridgehead atoms. The molecule has 7 heteroatoms. The van der Waals surface area contributed by atoms with Gasteiger partial charge in [-0.25, -0.2) is 0 Å². The van der Waals surface area contributed by atoms with Gasteiger partial charge in [-0.3, -0.25) is 9.59 Å². The largest absolute Gasteiger partial charge is 0.354 e. The Morgan fingerprint density at radius 1 is 0.919 bits per heavy atom. The van der Waals surface area contributed by atoms with Gasteiger partial charge < -0.3 is 10.2 Å². The van der Waals surface area contributed by atoms with E-state index in [1.54, 1.807) is 23.1 Å². The van der Waals surface area contributed by atoms with Crippen LogP contribution in [0.5, 0.6) is 0 Å². The third-order valence-electron chi connectivity index (χ3n) is 6.11. The molecule has 0 fully saturated rings. The molecule has 3 aromatic carbocycles. The van der Waals surface area contributed by atoms with Gasteiger partial charge in [-0.2, -0.15) is 0 Å². The number of halogens is 2.